The fourth-order valence-electron chi connectivity index (χ4n) is 2.15. The lowest BCUT2D eigenvalue weighted by Gasteiger charge is -2.04. The number of aromatic nitrogens is 4. The minimum atomic E-state index is -0.0871. The molecule has 0 aliphatic rings. The van der Waals surface area contributed by atoms with E-state index in [1.807, 2.05) is 37.3 Å². The van der Waals surface area contributed by atoms with Gasteiger partial charge in [0.1, 0.15) is 5.69 Å². The van der Waals surface area contributed by atoms with Gasteiger partial charge in [0.2, 0.25) is 17.6 Å². The lowest BCUT2D eigenvalue weighted by molar-refractivity contribution is -0.121. The zero-order chi connectivity index (χ0) is 16.8. The van der Waals surface area contributed by atoms with Gasteiger partial charge < -0.3 is 9.84 Å². The van der Waals surface area contributed by atoms with Crippen molar-refractivity contribution in [3.8, 4) is 11.5 Å². The predicted molar refractivity (Wildman–Crippen MR) is 86.7 cm³/mol. The fraction of sp³-hybridized carbons (Fsp3) is 0.235. The molecule has 24 heavy (non-hydrogen) atoms. The van der Waals surface area contributed by atoms with E-state index in [1.165, 1.54) is 0 Å². The van der Waals surface area contributed by atoms with Gasteiger partial charge in [-0.15, -0.1) is 0 Å². The van der Waals surface area contributed by atoms with Gasteiger partial charge >= 0.3 is 0 Å². The van der Waals surface area contributed by atoms with Gasteiger partial charge in [-0.2, -0.15) is 4.98 Å². The number of amides is 1. The van der Waals surface area contributed by atoms with E-state index in [-0.39, 0.29) is 12.3 Å². The highest BCUT2D eigenvalue weighted by Gasteiger charge is 2.11. The van der Waals surface area contributed by atoms with Crippen LogP contribution < -0.4 is 5.32 Å². The van der Waals surface area contributed by atoms with E-state index in [1.54, 1.807) is 12.3 Å². The molecule has 0 aliphatic heterocycles. The number of nitrogens with one attached hydrogen (secondary N) is 1. The summed E-state index contributed by atoms with van der Waals surface area (Å²) in [5, 5.41) is 6.71. The molecular weight excluding hydrogens is 306 g/mol. The molecule has 122 valence electrons. The standard InChI is InChI=1S/C17H17N5O2/c1-12-5-4-6-13(20-12)11-19-15(23)8-9-16-21-17(22-24-16)14-7-2-3-10-18-14/h2-7,10H,8-9,11H2,1H3,(H,19,23). The maximum absolute atomic E-state index is 11.9. The van der Waals surface area contributed by atoms with Gasteiger partial charge in [0.15, 0.2) is 0 Å². The van der Waals surface area contributed by atoms with Gasteiger partial charge in [0.05, 0.1) is 12.2 Å². The molecule has 0 aliphatic carbocycles. The van der Waals surface area contributed by atoms with Gasteiger partial charge in [-0.1, -0.05) is 17.3 Å². The van der Waals surface area contributed by atoms with Crippen molar-refractivity contribution in [2.24, 2.45) is 0 Å². The molecule has 3 heterocycles. The highest BCUT2D eigenvalue weighted by molar-refractivity contribution is 5.75. The summed E-state index contributed by atoms with van der Waals surface area (Å²) in [6.07, 6.45) is 2.32. The first kappa shape index (κ1) is 15.8. The molecule has 0 fully saturated rings. The number of hydrogen-bond donors (Lipinski definition) is 1. The second-order valence-corrected chi connectivity index (χ2v) is 5.27. The van der Waals surface area contributed by atoms with Crippen molar-refractivity contribution >= 4 is 5.91 Å². The summed E-state index contributed by atoms with van der Waals surface area (Å²) in [5.41, 5.74) is 2.40. The first-order chi connectivity index (χ1) is 11.7. The third-order valence-corrected chi connectivity index (χ3v) is 3.34. The van der Waals surface area contributed by atoms with E-state index in [9.17, 15) is 4.79 Å². The van der Waals surface area contributed by atoms with Crippen molar-refractivity contribution < 1.29 is 9.32 Å². The van der Waals surface area contributed by atoms with Crippen LogP contribution in [-0.4, -0.2) is 26.0 Å². The van der Waals surface area contributed by atoms with Crippen LogP contribution in [0.2, 0.25) is 0 Å². The van der Waals surface area contributed by atoms with Crippen molar-refractivity contribution in [1.82, 2.24) is 25.4 Å². The Bertz CT molecular complexity index is 817. The van der Waals surface area contributed by atoms with Crippen molar-refractivity contribution in [3.63, 3.8) is 0 Å². The molecule has 0 bridgehead atoms. The van der Waals surface area contributed by atoms with Gasteiger partial charge in [-0.25, -0.2) is 0 Å². The highest BCUT2D eigenvalue weighted by atomic mass is 16.5. The van der Waals surface area contributed by atoms with Crippen LogP contribution in [0.5, 0.6) is 0 Å². The number of carbonyl (C=O) groups is 1. The molecule has 0 aromatic carbocycles. The SMILES string of the molecule is Cc1cccc(CNC(=O)CCc2nc(-c3ccccn3)no2)n1. The van der Waals surface area contributed by atoms with Crippen LogP contribution in [0.15, 0.2) is 47.1 Å². The van der Waals surface area contributed by atoms with E-state index in [0.717, 1.165) is 11.4 Å². The molecular formula is C17H17N5O2. The van der Waals surface area contributed by atoms with Gasteiger partial charge in [-0.3, -0.25) is 14.8 Å². The highest BCUT2D eigenvalue weighted by Crippen LogP contribution is 2.12. The van der Waals surface area contributed by atoms with Crippen LogP contribution in [0, 0.1) is 6.92 Å². The maximum atomic E-state index is 11.9. The van der Waals surface area contributed by atoms with Gasteiger partial charge in [0.25, 0.3) is 0 Å². The van der Waals surface area contributed by atoms with E-state index < -0.39 is 0 Å². The van der Waals surface area contributed by atoms with Crippen LogP contribution in [0.25, 0.3) is 11.5 Å². The van der Waals surface area contributed by atoms with Crippen LogP contribution in [0.3, 0.4) is 0 Å². The fourth-order valence-corrected chi connectivity index (χ4v) is 2.15. The lowest BCUT2D eigenvalue weighted by atomic mass is 10.2. The van der Waals surface area contributed by atoms with Crippen molar-refractivity contribution in [1.29, 1.82) is 0 Å². The summed E-state index contributed by atoms with van der Waals surface area (Å²) in [4.78, 5) is 24.7. The Balaban J connectivity index is 1.49. The quantitative estimate of drug-likeness (QED) is 0.746. The molecule has 0 spiro atoms. The number of rotatable bonds is 6. The van der Waals surface area contributed by atoms with E-state index in [0.29, 0.717) is 30.4 Å². The topological polar surface area (TPSA) is 93.8 Å². The smallest absolute Gasteiger partial charge is 0.227 e. The van der Waals surface area contributed by atoms with Gasteiger partial charge in [-0.05, 0) is 31.2 Å². The van der Waals surface area contributed by atoms with Crippen molar-refractivity contribution in [3.05, 3.63) is 59.9 Å². The number of nitrogens with zero attached hydrogens (tertiary/aromatic N) is 4. The molecule has 3 aromatic heterocycles. The minimum Gasteiger partial charge on any atom is -0.350 e. The number of carbonyl (C=O) groups excluding carboxylic acids is 1. The van der Waals surface area contributed by atoms with Crippen LogP contribution in [0.4, 0.5) is 0 Å². The average Bonchev–Trinajstić information content (AvgIpc) is 3.08. The normalized spacial score (nSPS) is 10.5. The van der Waals surface area contributed by atoms with E-state index in [4.69, 9.17) is 4.52 Å². The van der Waals surface area contributed by atoms with Crippen LogP contribution in [0.1, 0.15) is 23.7 Å². The number of pyridine rings is 2. The Hall–Kier alpha value is -3.09. The summed E-state index contributed by atoms with van der Waals surface area (Å²) in [5.74, 6) is 0.755. The third kappa shape index (κ3) is 4.22. The first-order valence-corrected chi connectivity index (χ1v) is 7.64. The molecule has 0 atom stereocenters. The molecule has 7 nitrogen and oxygen atoms in total. The molecule has 0 radical (unpaired) electrons. The molecule has 7 heteroatoms. The molecule has 0 unspecified atom stereocenters. The zero-order valence-electron chi connectivity index (χ0n) is 13.3. The first-order valence-electron chi connectivity index (χ1n) is 7.64. The summed E-state index contributed by atoms with van der Waals surface area (Å²) in [7, 11) is 0. The van der Waals surface area contributed by atoms with E-state index >= 15 is 0 Å². The molecule has 0 saturated carbocycles. The second kappa shape index (κ2) is 7.45. The average molecular weight is 323 g/mol. The molecule has 1 N–H and O–H groups in total. The monoisotopic (exact) mass is 323 g/mol. The number of aryl methyl sites for hydroxylation is 2. The maximum Gasteiger partial charge on any atom is 0.227 e. The molecule has 1 amide bonds. The Morgan fingerprint density at radius 3 is 2.88 bits per heavy atom. The second-order valence-electron chi connectivity index (χ2n) is 5.27. The van der Waals surface area contributed by atoms with Gasteiger partial charge in [0, 0.05) is 24.7 Å². The zero-order valence-corrected chi connectivity index (χ0v) is 13.3. The Morgan fingerprint density at radius 1 is 1.17 bits per heavy atom. The summed E-state index contributed by atoms with van der Waals surface area (Å²) < 4.78 is 5.15. The number of hydrogen-bond acceptors (Lipinski definition) is 6. The van der Waals surface area contributed by atoms with Crippen LogP contribution >= 0.6 is 0 Å². The third-order valence-electron chi connectivity index (χ3n) is 3.34. The molecule has 3 rings (SSSR count). The summed E-state index contributed by atoms with van der Waals surface area (Å²) in [6, 6.07) is 11.2. The molecule has 3 aromatic rings. The summed E-state index contributed by atoms with van der Waals surface area (Å²) in [6.45, 7) is 2.32. The summed E-state index contributed by atoms with van der Waals surface area (Å²) >= 11 is 0. The Morgan fingerprint density at radius 2 is 2.08 bits per heavy atom. The minimum absolute atomic E-state index is 0.0871. The van der Waals surface area contributed by atoms with Crippen LogP contribution in [-0.2, 0) is 17.8 Å². The Labute approximate surface area is 139 Å². The van der Waals surface area contributed by atoms with E-state index in [2.05, 4.69) is 25.4 Å². The van der Waals surface area contributed by atoms with Crippen molar-refractivity contribution in [2.75, 3.05) is 0 Å². The largest absolute Gasteiger partial charge is 0.350 e. The lowest BCUT2D eigenvalue weighted by Crippen LogP contribution is -2.23. The predicted octanol–water partition coefficient (Wildman–Crippen LogP) is 2.08. The Kier molecular flexibility index (Phi) is 4.90. The molecule has 0 saturated heterocycles. The van der Waals surface area contributed by atoms with Crippen molar-refractivity contribution in [2.45, 2.75) is 26.3 Å².